The predicted molar refractivity (Wildman–Crippen MR) is 127 cm³/mol. The molecule has 0 bridgehead atoms. The quantitative estimate of drug-likeness (QED) is 0.474. The van der Waals surface area contributed by atoms with Gasteiger partial charge in [-0.25, -0.2) is 4.52 Å². The molecular formula is C25H25N5O3. The molecule has 0 N–H and O–H groups in total. The average Bonchev–Trinajstić information content (AvgIpc) is 3.32. The smallest absolute Gasteiger partial charge is 0.277 e. The summed E-state index contributed by atoms with van der Waals surface area (Å²) in [6.45, 7) is 2.62. The third-order valence-corrected chi connectivity index (χ3v) is 6.04. The first-order valence-electron chi connectivity index (χ1n) is 10.9. The monoisotopic (exact) mass is 443 g/mol. The SMILES string of the molecule is COc1ccccc1N1CCN(C(=O)Cn2ccn3nc(-c4ccccc4)cc3c2=O)CC1. The Morgan fingerprint density at radius 1 is 0.970 bits per heavy atom. The van der Waals surface area contributed by atoms with E-state index in [1.54, 1.807) is 30.1 Å². The van der Waals surface area contributed by atoms with E-state index in [1.165, 1.54) is 4.57 Å². The number of nitrogens with zero attached hydrogens (tertiary/aromatic N) is 5. The van der Waals surface area contributed by atoms with Crippen molar-refractivity contribution >= 4 is 17.1 Å². The van der Waals surface area contributed by atoms with E-state index in [2.05, 4.69) is 10.00 Å². The van der Waals surface area contributed by atoms with Crippen molar-refractivity contribution in [2.24, 2.45) is 0 Å². The Balaban J connectivity index is 1.29. The zero-order chi connectivity index (χ0) is 22.8. The highest BCUT2D eigenvalue weighted by Crippen LogP contribution is 2.28. The average molecular weight is 444 g/mol. The maximum Gasteiger partial charge on any atom is 0.277 e. The normalized spacial score (nSPS) is 14.0. The predicted octanol–water partition coefficient (Wildman–Crippen LogP) is 2.52. The Hall–Kier alpha value is -4.07. The number of aromatic nitrogens is 3. The Labute approximate surface area is 191 Å². The van der Waals surface area contributed by atoms with Gasteiger partial charge in [-0.2, -0.15) is 5.10 Å². The number of carbonyl (C=O) groups is 1. The summed E-state index contributed by atoms with van der Waals surface area (Å²) in [5, 5.41) is 4.50. The van der Waals surface area contributed by atoms with Crippen molar-refractivity contribution < 1.29 is 9.53 Å². The van der Waals surface area contributed by atoms with Crippen molar-refractivity contribution in [3.05, 3.63) is 83.4 Å². The van der Waals surface area contributed by atoms with Crippen LogP contribution in [0.3, 0.4) is 0 Å². The Morgan fingerprint density at radius 3 is 2.45 bits per heavy atom. The molecule has 168 valence electrons. The van der Waals surface area contributed by atoms with Crippen LogP contribution in [0.15, 0.2) is 77.9 Å². The summed E-state index contributed by atoms with van der Waals surface area (Å²) in [4.78, 5) is 30.0. The number of fused-ring (bicyclic) bond motifs is 1. The topological polar surface area (TPSA) is 72.1 Å². The lowest BCUT2D eigenvalue weighted by Gasteiger charge is -2.36. The van der Waals surface area contributed by atoms with Gasteiger partial charge in [0.2, 0.25) is 5.91 Å². The van der Waals surface area contributed by atoms with Gasteiger partial charge in [-0.15, -0.1) is 0 Å². The summed E-state index contributed by atoms with van der Waals surface area (Å²) < 4.78 is 8.49. The lowest BCUT2D eigenvalue weighted by molar-refractivity contribution is -0.132. The number of ether oxygens (including phenoxy) is 1. The van der Waals surface area contributed by atoms with Crippen molar-refractivity contribution in [2.45, 2.75) is 6.54 Å². The molecule has 0 spiro atoms. The van der Waals surface area contributed by atoms with E-state index in [-0.39, 0.29) is 18.0 Å². The third kappa shape index (κ3) is 4.07. The van der Waals surface area contributed by atoms with Gasteiger partial charge < -0.3 is 19.1 Å². The minimum Gasteiger partial charge on any atom is -0.495 e. The first-order valence-corrected chi connectivity index (χ1v) is 10.9. The fraction of sp³-hybridized carbons (Fsp3) is 0.240. The number of hydrogen-bond acceptors (Lipinski definition) is 5. The molecule has 1 amide bonds. The van der Waals surface area contributed by atoms with Crippen LogP contribution in [0.2, 0.25) is 0 Å². The van der Waals surface area contributed by atoms with Crippen molar-refractivity contribution in [1.29, 1.82) is 0 Å². The second kappa shape index (κ2) is 8.82. The summed E-state index contributed by atoms with van der Waals surface area (Å²) in [6.07, 6.45) is 3.34. The zero-order valence-electron chi connectivity index (χ0n) is 18.4. The molecule has 1 aliphatic heterocycles. The van der Waals surface area contributed by atoms with Gasteiger partial charge in [-0.3, -0.25) is 9.59 Å². The first kappa shape index (κ1) is 20.8. The molecule has 1 saturated heterocycles. The van der Waals surface area contributed by atoms with E-state index in [0.717, 1.165) is 22.7 Å². The number of para-hydroxylation sites is 2. The Morgan fingerprint density at radius 2 is 1.70 bits per heavy atom. The molecule has 3 heterocycles. The van der Waals surface area contributed by atoms with Crippen LogP contribution in [0, 0.1) is 0 Å². The van der Waals surface area contributed by atoms with Gasteiger partial charge in [0.1, 0.15) is 17.8 Å². The number of hydrogen-bond donors (Lipinski definition) is 0. The molecule has 1 fully saturated rings. The van der Waals surface area contributed by atoms with Crippen LogP contribution in [-0.2, 0) is 11.3 Å². The lowest BCUT2D eigenvalue weighted by atomic mass is 10.1. The standard InChI is InChI=1S/C25H25N5O3/c1-33-23-10-6-5-9-21(23)27-11-13-28(14-12-27)24(31)18-29-15-16-30-22(25(29)32)17-20(26-30)19-7-3-2-4-8-19/h2-10,15-17H,11-14,18H2,1H3. The molecule has 8 nitrogen and oxygen atoms in total. The molecular weight excluding hydrogens is 418 g/mol. The van der Waals surface area contributed by atoms with Gasteiger partial charge in [0, 0.05) is 44.1 Å². The number of anilines is 1. The molecule has 2 aromatic heterocycles. The molecule has 5 rings (SSSR count). The Bertz CT molecular complexity index is 1340. The number of carbonyl (C=O) groups excluding carboxylic acids is 1. The maximum absolute atomic E-state index is 13.0. The van der Waals surface area contributed by atoms with Crippen LogP contribution < -0.4 is 15.2 Å². The lowest BCUT2D eigenvalue weighted by Crippen LogP contribution is -2.50. The van der Waals surface area contributed by atoms with Gasteiger partial charge in [0.15, 0.2) is 0 Å². The number of benzene rings is 2. The summed E-state index contributed by atoms with van der Waals surface area (Å²) in [5.41, 5.74) is 2.92. The van der Waals surface area contributed by atoms with Crippen molar-refractivity contribution in [3.63, 3.8) is 0 Å². The zero-order valence-corrected chi connectivity index (χ0v) is 18.4. The Kier molecular flexibility index (Phi) is 5.56. The summed E-state index contributed by atoms with van der Waals surface area (Å²) >= 11 is 0. The largest absolute Gasteiger partial charge is 0.495 e. The highest BCUT2D eigenvalue weighted by molar-refractivity contribution is 5.76. The van der Waals surface area contributed by atoms with Crippen molar-refractivity contribution in [1.82, 2.24) is 19.1 Å². The molecule has 8 heteroatoms. The van der Waals surface area contributed by atoms with Gasteiger partial charge in [0.05, 0.1) is 18.5 Å². The molecule has 0 radical (unpaired) electrons. The molecule has 33 heavy (non-hydrogen) atoms. The van der Waals surface area contributed by atoms with E-state index in [1.807, 2.05) is 59.5 Å². The maximum atomic E-state index is 13.0. The number of amides is 1. The molecule has 2 aromatic carbocycles. The fourth-order valence-corrected chi connectivity index (χ4v) is 4.23. The molecule has 0 unspecified atom stereocenters. The molecule has 0 saturated carbocycles. The number of rotatable bonds is 5. The molecule has 0 atom stereocenters. The molecule has 1 aliphatic rings. The fourth-order valence-electron chi connectivity index (χ4n) is 4.23. The third-order valence-electron chi connectivity index (χ3n) is 6.04. The van der Waals surface area contributed by atoms with E-state index < -0.39 is 0 Å². The number of piperazine rings is 1. The van der Waals surface area contributed by atoms with Gasteiger partial charge >= 0.3 is 0 Å². The van der Waals surface area contributed by atoms with Crippen LogP contribution >= 0.6 is 0 Å². The summed E-state index contributed by atoms with van der Waals surface area (Å²) in [7, 11) is 1.66. The molecule has 4 aromatic rings. The van der Waals surface area contributed by atoms with Gasteiger partial charge in [0.25, 0.3) is 5.56 Å². The van der Waals surface area contributed by atoms with E-state index in [9.17, 15) is 9.59 Å². The minimum atomic E-state index is -0.229. The van der Waals surface area contributed by atoms with Crippen LogP contribution in [0.25, 0.3) is 16.8 Å². The van der Waals surface area contributed by atoms with Crippen LogP contribution in [0.1, 0.15) is 0 Å². The van der Waals surface area contributed by atoms with Crippen LogP contribution in [0.4, 0.5) is 5.69 Å². The van der Waals surface area contributed by atoms with E-state index in [4.69, 9.17) is 4.74 Å². The molecule has 0 aliphatic carbocycles. The van der Waals surface area contributed by atoms with E-state index in [0.29, 0.717) is 31.7 Å². The summed E-state index contributed by atoms with van der Waals surface area (Å²) in [5.74, 6) is 0.761. The summed E-state index contributed by atoms with van der Waals surface area (Å²) in [6, 6.07) is 19.4. The van der Waals surface area contributed by atoms with Crippen LogP contribution in [0.5, 0.6) is 5.75 Å². The number of methoxy groups -OCH3 is 1. The van der Waals surface area contributed by atoms with Crippen molar-refractivity contribution in [2.75, 3.05) is 38.2 Å². The van der Waals surface area contributed by atoms with E-state index >= 15 is 0 Å². The highest BCUT2D eigenvalue weighted by atomic mass is 16.5. The van der Waals surface area contributed by atoms with Gasteiger partial charge in [-0.05, 0) is 18.2 Å². The van der Waals surface area contributed by atoms with Gasteiger partial charge in [-0.1, -0.05) is 42.5 Å². The van der Waals surface area contributed by atoms with Crippen LogP contribution in [-0.4, -0.2) is 58.3 Å². The minimum absolute atomic E-state index is 0.00976. The second-order valence-corrected chi connectivity index (χ2v) is 8.00. The first-order chi connectivity index (χ1) is 16.1. The van der Waals surface area contributed by atoms with Crippen molar-refractivity contribution in [3.8, 4) is 17.0 Å². The highest BCUT2D eigenvalue weighted by Gasteiger charge is 2.23. The second-order valence-electron chi connectivity index (χ2n) is 8.00.